The molecule has 0 fully saturated rings. The third-order valence-corrected chi connectivity index (χ3v) is 4.03. The van der Waals surface area contributed by atoms with E-state index in [-0.39, 0.29) is 6.04 Å². The topological polar surface area (TPSA) is 38.5 Å². The summed E-state index contributed by atoms with van der Waals surface area (Å²) in [6.07, 6.45) is 3.57. The second kappa shape index (κ2) is 8.98. The molecule has 0 aliphatic carbocycles. The molecule has 0 heterocycles. The van der Waals surface area contributed by atoms with Gasteiger partial charge in [0.15, 0.2) is 0 Å². The van der Waals surface area contributed by atoms with Crippen LogP contribution in [0.15, 0.2) is 24.3 Å². The number of methoxy groups -OCH3 is 1. The van der Waals surface area contributed by atoms with Crippen molar-refractivity contribution in [1.82, 2.24) is 4.90 Å². The zero-order chi connectivity index (χ0) is 15.0. The summed E-state index contributed by atoms with van der Waals surface area (Å²) in [5, 5.41) is 0. The maximum Gasteiger partial charge on any atom is 0.119 e. The first-order chi connectivity index (χ1) is 9.67. The lowest BCUT2D eigenvalue weighted by atomic mass is 10.0. The maximum atomic E-state index is 6.08. The lowest BCUT2D eigenvalue weighted by Crippen LogP contribution is -2.40. The average molecular weight is 278 g/mol. The van der Waals surface area contributed by atoms with Crippen LogP contribution < -0.4 is 10.5 Å². The SMILES string of the molecule is CCCCN(C(C)CC)C(CN)c1cccc(OC)c1. The molecule has 0 aliphatic heterocycles. The molecule has 0 saturated heterocycles. The molecule has 0 aromatic heterocycles. The fraction of sp³-hybridized carbons (Fsp3) is 0.647. The van der Waals surface area contributed by atoms with Crippen LogP contribution in [-0.2, 0) is 0 Å². The molecular formula is C17H30N2O. The van der Waals surface area contributed by atoms with Crippen LogP contribution in [0, 0.1) is 0 Å². The van der Waals surface area contributed by atoms with Crippen LogP contribution in [0.5, 0.6) is 5.75 Å². The summed E-state index contributed by atoms with van der Waals surface area (Å²) in [5.74, 6) is 0.903. The lowest BCUT2D eigenvalue weighted by molar-refractivity contribution is 0.140. The van der Waals surface area contributed by atoms with Gasteiger partial charge in [-0.05, 0) is 44.0 Å². The van der Waals surface area contributed by atoms with Crippen molar-refractivity contribution in [2.24, 2.45) is 5.73 Å². The quantitative estimate of drug-likeness (QED) is 0.750. The van der Waals surface area contributed by atoms with E-state index in [2.05, 4.69) is 37.8 Å². The highest BCUT2D eigenvalue weighted by atomic mass is 16.5. The van der Waals surface area contributed by atoms with Gasteiger partial charge in [0, 0.05) is 18.6 Å². The van der Waals surface area contributed by atoms with E-state index in [1.54, 1.807) is 7.11 Å². The summed E-state index contributed by atoms with van der Waals surface area (Å²) in [6, 6.07) is 9.11. The predicted molar refractivity (Wildman–Crippen MR) is 86.2 cm³/mol. The van der Waals surface area contributed by atoms with E-state index in [9.17, 15) is 0 Å². The Morgan fingerprint density at radius 3 is 2.60 bits per heavy atom. The molecule has 0 bridgehead atoms. The summed E-state index contributed by atoms with van der Waals surface area (Å²) in [7, 11) is 1.71. The van der Waals surface area contributed by atoms with Crippen molar-refractivity contribution in [3.05, 3.63) is 29.8 Å². The fourth-order valence-corrected chi connectivity index (χ4v) is 2.57. The second-order valence-corrected chi connectivity index (χ2v) is 5.38. The van der Waals surface area contributed by atoms with Crippen LogP contribution in [0.4, 0.5) is 0 Å². The minimum atomic E-state index is 0.270. The molecule has 2 N–H and O–H groups in total. The van der Waals surface area contributed by atoms with Gasteiger partial charge in [0.1, 0.15) is 5.75 Å². The monoisotopic (exact) mass is 278 g/mol. The summed E-state index contributed by atoms with van der Waals surface area (Å²) >= 11 is 0. The van der Waals surface area contributed by atoms with E-state index in [4.69, 9.17) is 10.5 Å². The third-order valence-electron chi connectivity index (χ3n) is 4.03. The summed E-state index contributed by atoms with van der Waals surface area (Å²) < 4.78 is 5.34. The van der Waals surface area contributed by atoms with Gasteiger partial charge in [-0.25, -0.2) is 0 Å². The minimum absolute atomic E-state index is 0.270. The molecule has 2 atom stereocenters. The van der Waals surface area contributed by atoms with Gasteiger partial charge in [0.25, 0.3) is 0 Å². The van der Waals surface area contributed by atoms with Crippen LogP contribution in [-0.4, -0.2) is 31.1 Å². The molecule has 0 amide bonds. The van der Waals surface area contributed by atoms with Crippen molar-refractivity contribution in [3.8, 4) is 5.75 Å². The number of ether oxygens (including phenoxy) is 1. The minimum Gasteiger partial charge on any atom is -0.497 e. The van der Waals surface area contributed by atoms with Crippen LogP contribution in [0.2, 0.25) is 0 Å². The van der Waals surface area contributed by atoms with Gasteiger partial charge < -0.3 is 10.5 Å². The van der Waals surface area contributed by atoms with Gasteiger partial charge in [0.2, 0.25) is 0 Å². The predicted octanol–water partition coefficient (Wildman–Crippen LogP) is 3.60. The number of benzene rings is 1. The van der Waals surface area contributed by atoms with Gasteiger partial charge in [-0.2, -0.15) is 0 Å². The van der Waals surface area contributed by atoms with Crippen molar-refractivity contribution in [1.29, 1.82) is 0 Å². The zero-order valence-corrected chi connectivity index (χ0v) is 13.4. The average Bonchev–Trinajstić information content (AvgIpc) is 2.50. The molecular weight excluding hydrogens is 248 g/mol. The number of unbranched alkanes of at least 4 members (excludes halogenated alkanes) is 1. The molecule has 3 nitrogen and oxygen atoms in total. The van der Waals surface area contributed by atoms with E-state index < -0.39 is 0 Å². The molecule has 0 aliphatic rings. The smallest absolute Gasteiger partial charge is 0.119 e. The van der Waals surface area contributed by atoms with Crippen molar-refractivity contribution in [2.45, 2.75) is 52.1 Å². The van der Waals surface area contributed by atoms with Gasteiger partial charge in [-0.1, -0.05) is 32.4 Å². The fourth-order valence-electron chi connectivity index (χ4n) is 2.57. The van der Waals surface area contributed by atoms with Gasteiger partial charge in [0.05, 0.1) is 7.11 Å². The first-order valence-electron chi connectivity index (χ1n) is 7.77. The Morgan fingerprint density at radius 2 is 2.05 bits per heavy atom. The van der Waals surface area contributed by atoms with E-state index >= 15 is 0 Å². The largest absolute Gasteiger partial charge is 0.497 e. The molecule has 0 saturated carbocycles. The first-order valence-corrected chi connectivity index (χ1v) is 7.77. The van der Waals surface area contributed by atoms with Crippen molar-refractivity contribution >= 4 is 0 Å². The highest BCUT2D eigenvalue weighted by Crippen LogP contribution is 2.26. The third kappa shape index (κ3) is 4.50. The van der Waals surface area contributed by atoms with Crippen LogP contribution in [0.25, 0.3) is 0 Å². The zero-order valence-electron chi connectivity index (χ0n) is 13.4. The molecule has 3 heteroatoms. The van der Waals surface area contributed by atoms with Crippen molar-refractivity contribution in [2.75, 3.05) is 20.2 Å². The Bertz CT molecular complexity index is 381. The molecule has 0 radical (unpaired) electrons. The van der Waals surface area contributed by atoms with Gasteiger partial charge in [-0.3, -0.25) is 4.90 Å². The van der Waals surface area contributed by atoms with Crippen molar-refractivity contribution < 1.29 is 4.74 Å². The molecule has 0 spiro atoms. The second-order valence-electron chi connectivity index (χ2n) is 5.38. The number of hydrogen-bond donors (Lipinski definition) is 1. The summed E-state index contributed by atoms with van der Waals surface area (Å²) in [5.41, 5.74) is 7.33. The van der Waals surface area contributed by atoms with E-state index in [0.29, 0.717) is 12.6 Å². The number of hydrogen-bond acceptors (Lipinski definition) is 3. The highest BCUT2D eigenvalue weighted by Gasteiger charge is 2.22. The van der Waals surface area contributed by atoms with Crippen molar-refractivity contribution in [3.63, 3.8) is 0 Å². The highest BCUT2D eigenvalue weighted by molar-refractivity contribution is 5.30. The lowest BCUT2D eigenvalue weighted by Gasteiger charge is -2.36. The normalized spacial score (nSPS) is 14.3. The molecule has 1 aromatic carbocycles. The Morgan fingerprint density at radius 1 is 1.30 bits per heavy atom. The molecule has 2 unspecified atom stereocenters. The Labute approximate surface area is 124 Å². The van der Waals surface area contributed by atoms with Crippen LogP contribution in [0.1, 0.15) is 51.6 Å². The molecule has 20 heavy (non-hydrogen) atoms. The molecule has 1 aromatic rings. The van der Waals surface area contributed by atoms with E-state index in [1.807, 2.05) is 12.1 Å². The van der Waals surface area contributed by atoms with Gasteiger partial charge >= 0.3 is 0 Å². The number of rotatable bonds is 9. The Hall–Kier alpha value is -1.06. The van der Waals surface area contributed by atoms with Gasteiger partial charge in [-0.15, -0.1) is 0 Å². The maximum absolute atomic E-state index is 6.08. The van der Waals surface area contributed by atoms with E-state index in [1.165, 1.54) is 18.4 Å². The Balaban J connectivity index is 2.98. The first kappa shape index (κ1) is 17.0. The summed E-state index contributed by atoms with van der Waals surface area (Å²) in [4.78, 5) is 2.54. The number of nitrogens with two attached hydrogens (primary N) is 1. The summed E-state index contributed by atoms with van der Waals surface area (Å²) in [6.45, 7) is 8.50. The molecule has 114 valence electrons. The Kier molecular flexibility index (Phi) is 7.63. The van der Waals surface area contributed by atoms with Crippen LogP contribution >= 0.6 is 0 Å². The molecule has 1 rings (SSSR count). The standard InChI is InChI=1S/C17H30N2O/c1-5-7-11-19(14(3)6-2)17(13-18)15-9-8-10-16(12-15)20-4/h8-10,12,14,17H,5-7,11,13,18H2,1-4H3. The van der Waals surface area contributed by atoms with Crippen LogP contribution in [0.3, 0.4) is 0 Å². The van der Waals surface area contributed by atoms with E-state index in [0.717, 1.165) is 18.7 Å². The number of nitrogens with zero attached hydrogens (tertiary/aromatic N) is 1.